The van der Waals surface area contributed by atoms with Crippen LogP contribution in [-0.2, 0) is 0 Å². The molecule has 1 aliphatic heterocycles. The number of aromatic nitrogens is 2. The van der Waals surface area contributed by atoms with E-state index in [0.29, 0.717) is 10.6 Å². The van der Waals surface area contributed by atoms with Gasteiger partial charge in [-0.25, -0.2) is 4.68 Å². The molecule has 1 amide bonds. The van der Waals surface area contributed by atoms with Gasteiger partial charge in [-0.3, -0.25) is 14.9 Å². The van der Waals surface area contributed by atoms with Crippen LogP contribution in [0.25, 0.3) is 5.69 Å². The molecule has 2 heterocycles. The summed E-state index contributed by atoms with van der Waals surface area (Å²) in [6, 6.07) is 8.77. The molecule has 174 valence electrons. The van der Waals surface area contributed by atoms with Gasteiger partial charge >= 0.3 is 5.69 Å². The van der Waals surface area contributed by atoms with E-state index in [1.54, 1.807) is 10.7 Å². The third-order valence-electron chi connectivity index (χ3n) is 5.64. The Morgan fingerprint density at radius 2 is 2.03 bits per heavy atom. The monoisotopic (exact) mass is 493 g/mol. The zero-order valence-corrected chi connectivity index (χ0v) is 19.3. The molecule has 0 bridgehead atoms. The molecule has 1 aliphatic rings. The number of carbonyl (C=O) groups excluding carboxylic acids is 1. The maximum atomic E-state index is 13.7. The number of carbonyl (C=O) groups is 1. The number of hydrogen-bond donors (Lipinski definition) is 2. The van der Waals surface area contributed by atoms with Crippen molar-refractivity contribution in [2.24, 2.45) is 0 Å². The van der Waals surface area contributed by atoms with Crippen LogP contribution in [0, 0.1) is 22.9 Å². The van der Waals surface area contributed by atoms with Gasteiger partial charge in [-0.1, -0.05) is 17.7 Å². The van der Waals surface area contributed by atoms with E-state index in [1.807, 2.05) is 19.1 Å². The molecule has 0 radical (unpaired) electrons. The first-order valence-electron chi connectivity index (χ1n) is 10.2. The Balaban J connectivity index is 0.00000306. The van der Waals surface area contributed by atoms with Crippen molar-refractivity contribution in [1.29, 1.82) is 0 Å². The molecule has 0 aliphatic carbocycles. The Hall–Kier alpha value is -3.01. The highest BCUT2D eigenvalue weighted by Gasteiger charge is 2.28. The van der Waals surface area contributed by atoms with Gasteiger partial charge in [0.25, 0.3) is 5.91 Å². The Bertz CT molecular complexity index is 1190. The minimum atomic E-state index is -0.965. The normalized spacial score (nSPS) is 13.9. The molecule has 2 N–H and O–H groups in total. The van der Waals surface area contributed by atoms with E-state index in [-0.39, 0.29) is 24.0 Å². The molecule has 0 unspecified atom stereocenters. The largest absolute Gasteiger partial charge is 0.322 e. The molecular formula is C22H22Cl2FN5O3. The van der Waals surface area contributed by atoms with Crippen LogP contribution in [0.15, 0.2) is 42.6 Å². The fraction of sp³-hybridized carbons (Fsp3) is 0.273. The zero-order valence-electron chi connectivity index (χ0n) is 17.7. The number of rotatable bonds is 5. The lowest BCUT2D eigenvalue weighted by Gasteiger charge is -2.25. The maximum absolute atomic E-state index is 13.7. The van der Waals surface area contributed by atoms with Crippen LogP contribution < -0.4 is 10.6 Å². The standard InChI is InChI=1S/C22H21ClFN5O3.ClH/c1-13-17(23)3-2-4-19(13)28-21(14-7-9-25-10-8-14)16(12-26-28)22(30)27-15-5-6-18(24)20(11-15)29(31)32;/h2-6,11-12,14,25H,7-10H2,1H3,(H,27,30);1H. The fourth-order valence-electron chi connectivity index (χ4n) is 3.97. The van der Waals surface area contributed by atoms with Gasteiger partial charge < -0.3 is 10.6 Å². The number of amides is 1. The summed E-state index contributed by atoms with van der Waals surface area (Å²) >= 11 is 6.32. The molecule has 0 atom stereocenters. The second-order valence-electron chi connectivity index (χ2n) is 7.64. The highest BCUT2D eigenvalue weighted by Crippen LogP contribution is 2.33. The van der Waals surface area contributed by atoms with Gasteiger partial charge in [0.1, 0.15) is 0 Å². The van der Waals surface area contributed by atoms with E-state index in [4.69, 9.17) is 11.6 Å². The summed E-state index contributed by atoms with van der Waals surface area (Å²) < 4.78 is 15.4. The SMILES string of the molecule is Cc1c(Cl)cccc1-n1ncc(C(=O)Nc2ccc(F)c([N+](=O)[O-])c2)c1C1CCNCC1.Cl. The second kappa shape index (κ2) is 10.3. The van der Waals surface area contributed by atoms with Crippen molar-refractivity contribution < 1.29 is 14.1 Å². The lowest BCUT2D eigenvalue weighted by molar-refractivity contribution is -0.387. The van der Waals surface area contributed by atoms with E-state index in [2.05, 4.69) is 15.7 Å². The van der Waals surface area contributed by atoms with Crippen LogP contribution in [0.3, 0.4) is 0 Å². The van der Waals surface area contributed by atoms with Crippen molar-refractivity contribution in [3.8, 4) is 5.69 Å². The van der Waals surface area contributed by atoms with Gasteiger partial charge in [0.15, 0.2) is 0 Å². The van der Waals surface area contributed by atoms with Crippen LogP contribution >= 0.6 is 24.0 Å². The van der Waals surface area contributed by atoms with E-state index >= 15 is 0 Å². The van der Waals surface area contributed by atoms with Crippen LogP contribution in [0.1, 0.15) is 40.4 Å². The van der Waals surface area contributed by atoms with Crippen LogP contribution in [-0.4, -0.2) is 33.7 Å². The minimum Gasteiger partial charge on any atom is -0.322 e. The number of benzene rings is 2. The van der Waals surface area contributed by atoms with E-state index in [0.717, 1.165) is 55.0 Å². The third-order valence-corrected chi connectivity index (χ3v) is 6.05. The van der Waals surface area contributed by atoms with Gasteiger partial charge in [-0.2, -0.15) is 9.49 Å². The summed E-state index contributed by atoms with van der Waals surface area (Å²) in [6.07, 6.45) is 3.15. The quantitative estimate of drug-likeness (QED) is 0.383. The highest BCUT2D eigenvalue weighted by atomic mass is 35.5. The molecule has 2 aromatic carbocycles. The van der Waals surface area contributed by atoms with Crippen molar-refractivity contribution >= 4 is 41.3 Å². The number of halogens is 3. The molecule has 3 aromatic rings. The lowest BCUT2D eigenvalue weighted by atomic mass is 9.91. The van der Waals surface area contributed by atoms with Gasteiger partial charge in [0.05, 0.1) is 28.1 Å². The number of nitrogens with zero attached hydrogens (tertiary/aromatic N) is 3. The van der Waals surface area contributed by atoms with Crippen molar-refractivity contribution in [2.45, 2.75) is 25.7 Å². The molecular weight excluding hydrogens is 472 g/mol. The average molecular weight is 494 g/mol. The predicted molar refractivity (Wildman–Crippen MR) is 126 cm³/mol. The number of piperidine rings is 1. The summed E-state index contributed by atoms with van der Waals surface area (Å²) in [5, 5.41) is 22.1. The number of hydrogen-bond acceptors (Lipinski definition) is 5. The van der Waals surface area contributed by atoms with Crippen molar-refractivity contribution in [1.82, 2.24) is 15.1 Å². The topological polar surface area (TPSA) is 102 Å². The summed E-state index contributed by atoms with van der Waals surface area (Å²) in [7, 11) is 0. The van der Waals surface area contributed by atoms with Crippen molar-refractivity contribution in [3.05, 3.63) is 80.4 Å². The van der Waals surface area contributed by atoms with Gasteiger partial charge in [-0.05, 0) is 62.7 Å². The van der Waals surface area contributed by atoms with Crippen LogP contribution in [0.4, 0.5) is 15.8 Å². The Morgan fingerprint density at radius 3 is 2.73 bits per heavy atom. The number of nitro benzene ring substituents is 1. The van der Waals surface area contributed by atoms with Crippen molar-refractivity contribution in [3.63, 3.8) is 0 Å². The van der Waals surface area contributed by atoms with Gasteiger partial charge in [0, 0.05) is 22.7 Å². The minimum absolute atomic E-state index is 0. The smallest absolute Gasteiger partial charge is 0.306 e. The number of nitrogens with one attached hydrogen (secondary N) is 2. The first kappa shape index (κ1) is 24.6. The average Bonchev–Trinajstić information content (AvgIpc) is 3.22. The van der Waals surface area contributed by atoms with E-state index < -0.39 is 22.3 Å². The molecule has 0 saturated carbocycles. The molecule has 4 rings (SSSR count). The predicted octanol–water partition coefficient (Wildman–Crippen LogP) is 5.02. The van der Waals surface area contributed by atoms with Crippen LogP contribution in [0.2, 0.25) is 5.02 Å². The molecule has 0 spiro atoms. The first-order chi connectivity index (χ1) is 15.4. The summed E-state index contributed by atoms with van der Waals surface area (Å²) in [4.78, 5) is 23.4. The lowest BCUT2D eigenvalue weighted by Crippen LogP contribution is -2.29. The van der Waals surface area contributed by atoms with Crippen LogP contribution in [0.5, 0.6) is 0 Å². The second-order valence-corrected chi connectivity index (χ2v) is 8.05. The number of anilines is 1. The zero-order chi connectivity index (χ0) is 22.8. The Kier molecular flexibility index (Phi) is 7.68. The fourth-order valence-corrected chi connectivity index (χ4v) is 4.14. The molecule has 1 saturated heterocycles. The highest BCUT2D eigenvalue weighted by molar-refractivity contribution is 6.31. The molecule has 11 heteroatoms. The van der Waals surface area contributed by atoms with E-state index in [1.165, 1.54) is 12.3 Å². The summed E-state index contributed by atoms with van der Waals surface area (Å²) in [5.41, 5.74) is 2.17. The first-order valence-corrected chi connectivity index (χ1v) is 10.5. The number of nitro groups is 1. The van der Waals surface area contributed by atoms with Gasteiger partial charge in [-0.15, -0.1) is 12.4 Å². The Labute approximate surface area is 200 Å². The van der Waals surface area contributed by atoms with Crippen molar-refractivity contribution in [2.75, 3.05) is 18.4 Å². The molecule has 33 heavy (non-hydrogen) atoms. The van der Waals surface area contributed by atoms with E-state index in [9.17, 15) is 19.3 Å². The molecule has 1 aromatic heterocycles. The summed E-state index contributed by atoms with van der Waals surface area (Å²) in [6.45, 7) is 3.52. The third kappa shape index (κ3) is 5.00. The summed E-state index contributed by atoms with van der Waals surface area (Å²) in [5.74, 6) is -1.35. The molecule has 8 nitrogen and oxygen atoms in total. The molecule has 1 fully saturated rings. The maximum Gasteiger partial charge on any atom is 0.306 e. The Morgan fingerprint density at radius 1 is 1.30 bits per heavy atom. The van der Waals surface area contributed by atoms with Gasteiger partial charge in [0.2, 0.25) is 5.82 Å².